The van der Waals surface area contributed by atoms with Gasteiger partial charge >= 0.3 is 0 Å². The summed E-state index contributed by atoms with van der Waals surface area (Å²) >= 11 is 1.35. The zero-order valence-corrected chi connectivity index (χ0v) is 15.9. The molecule has 0 radical (unpaired) electrons. The van der Waals surface area contributed by atoms with Crippen LogP contribution >= 0.6 is 11.3 Å². The molecule has 0 fully saturated rings. The van der Waals surface area contributed by atoms with Crippen molar-refractivity contribution in [1.29, 1.82) is 0 Å². The lowest BCUT2D eigenvalue weighted by Crippen LogP contribution is -2.13. The maximum atomic E-state index is 12.9. The highest BCUT2D eigenvalue weighted by Gasteiger charge is 2.12. The fourth-order valence-electron chi connectivity index (χ4n) is 2.74. The molecule has 0 aliphatic rings. The average molecular weight is 382 g/mol. The van der Waals surface area contributed by atoms with E-state index < -0.39 is 5.82 Å². The van der Waals surface area contributed by atoms with Gasteiger partial charge in [0.2, 0.25) is 5.91 Å². The lowest BCUT2D eigenvalue weighted by Gasteiger charge is -2.04. The van der Waals surface area contributed by atoms with Gasteiger partial charge in [0.1, 0.15) is 5.82 Å². The van der Waals surface area contributed by atoms with Crippen LogP contribution in [0.1, 0.15) is 34.3 Å². The molecule has 3 rings (SSSR count). The molecule has 1 heterocycles. The number of nitrogens with zero attached hydrogens (tertiary/aromatic N) is 1. The number of aryl methyl sites for hydroxylation is 2. The van der Waals surface area contributed by atoms with Crippen molar-refractivity contribution in [3.8, 4) is 11.3 Å². The molecule has 6 heteroatoms. The van der Waals surface area contributed by atoms with Crippen LogP contribution in [0.3, 0.4) is 0 Å². The molecular weight excluding hydrogens is 363 g/mol. The monoisotopic (exact) mass is 382 g/mol. The molecule has 0 aliphatic carbocycles. The molecule has 0 atom stereocenters. The quantitative estimate of drug-likeness (QED) is 0.599. The van der Waals surface area contributed by atoms with Crippen molar-refractivity contribution in [2.24, 2.45) is 0 Å². The van der Waals surface area contributed by atoms with Crippen LogP contribution in [0.4, 0.5) is 9.52 Å². The molecule has 0 unspecified atom stereocenters. The van der Waals surface area contributed by atoms with Crippen molar-refractivity contribution < 1.29 is 14.0 Å². The molecule has 138 valence electrons. The Kier molecular flexibility index (Phi) is 5.76. The highest BCUT2D eigenvalue weighted by Crippen LogP contribution is 2.28. The number of thiazole rings is 1. The molecule has 0 spiro atoms. The number of carbonyl (C=O) groups is 2. The minimum atomic E-state index is -0.396. The lowest BCUT2D eigenvalue weighted by atomic mass is 10.0. The number of Topliss-reactive ketones (excluding diaryl/α,β-unsaturated/α-hetero) is 1. The first-order valence-electron chi connectivity index (χ1n) is 8.54. The number of benzene rings is 2. The highest BCUT2D eigenvalue weighted by atomic mass is 32.1. The van der Waals surface area contributed by atoms with E-state index in [9.17, 15) is 14.0 Å². The van der Waals surface area contributed by atoms with Crippen molar-refractivity contribution in [3.63, 3.8) is 0 Å². The van der Waals surface area contributed by atoms with E-state index in [0.29, 0.717) is 10.7 Å². The number of hydrogen-bond acceptors (Lipinski definition) is 4. The summed E-state index contributed by atoms with van der Waals surface area (Å²) in [6.45, 7) is 4.07. The van der Waals surface area contributed by atoms with Gasteiger partial charge in [0.25, 0.3) is 0 Å². The third-order valence-electron chi connectivity index (χ3n) is 4.15. The summed E-state index contributed by atoms with van der Waals surface area (Å²) < 4.78 is 12.9. The maximum Gasteiger partial charge on any atom is 0.226 e. The molecule has 0 bridgehead atoms. The van der Waals surface area contributed by atoms with Gasteiger partial charge in [-0.2, -0.15) is 0 Å². The summed E-state index contributed by atoms with van der Waals surface area (Å²) in [5.41, 5.74) is 4.56. The predicted octanol–water partition coefficient (Wildman–Crippen LogP) is 5.17. The van der Waals surface area contributed by atoms with Crippen molar-refractivity contribution in [3.05, 3.63) is 70.4 Å². The van der Waals surface area contributed by atoms with Crippen LogP contribution in [0.25, 0.3) is 11.3 Å². The van der Waals surface area contributed by atoms with Crippen LogP contribution in [0.2, 0.25) is 0 Å². The number of ketones is 1. The standard InChI is InChI=1S/C21H19FN2O2S/c1-13-3-8-17(14(2)11-13)18-12-27-21(23-18)24-20(26)10-9-19(25)15-4-6-16(22)7-5-15/h3-8,11-12H,9-10H2,1-2H3,(H,23,24,26). The first-order chi connectivity index (χ1) is 12.9. The molecule has 3 aromatic rings. The molecule has 1 aromatic heterocycles. The SMILES string of the molecule is Cc1ccc(-c2csc(NC(=O)CCC(=O)c3ccc(F)cc3)n2)c(C)c1. The van der Waals surface area contributed by atoms with E-state index in [1.807, 2.05) is 31.4 Å². The summed E-state index contributed by atoms with van der Waals surface area (Å²) in [5.74, 6) is -0.861. The summed E-state index contributed by atoms with van der Waals surface area (Å²) in [6, 6.07) is 11.5. The Labute approximate surface area is 161 Å². The number of hydrogen-bond donors (Lipinski definition) is 1. The third kappa shape index (κ3) is 4.86. The summed E-state index contributed by atoms with van der Waals surface area (Å²) in [5, 5.41) is 5.14. The Morgan fingerprint density at radius 2 is 1.81 bits per heavy atom. The van der Waals surface area contributed by atoms with Crippen LogP contribution in [-0.4, -0.2) is 16.7 Å². The van der Waals surface area contributed by atoms with Gasteiger partial charge in [-0.15, -0.1) is 11.3 Å². The van der Waals surface area contributed by atoms with Gasteiger partial charge in [-0.3, -0.25) is 9.59 Å². The van der Waals surface area contributed by atoms with E-state index in [1.54, 1.807) is 0 Å². The molecule has 0 saturated heterocycles. The van der Waals surface area contributed by atoms with E-state index in [-0.39, 0.29) is 24.5 Å². The lowest BCUT2D eigenvalue weighted by molar-refractivity contribution is -0.116. The number of nitrogens with one attached hydrogen (secondary N) is 1. The smallest absolute Gasteiger partial charge is 0.226 e. The molecule has 4 nitrogen and oxygen atoms in total. The minimum absolute atomic E-state index is 0.0503. The maximum absolute atomic E-state index is 12.9. The van der Waals surface area contributed by atoms with E-state index in [1.165, 1.54) is 41.2 Å². The van der Waals surface area contributed by atoms with Crippen LogP contribution < -0.4 is 5.32 Å². The second-order valence-corrected chi connectivity index (χ2v) is 7.19. The Morgan fingerprint density at radius 1 is 1.07 bits per heavy atom. The zero-order chi connectivity index (χ0) is 19.4. The molecule has 1 amide bonds. The molecular formula is C21H19FN2O2S. The third-order valence-corrected chi connectivity index (χ3v) is 4.91. The van der Waals surface area contributed by atoms with Crippen molar-refractivity contribution in [1.82, 2.24) is 4.98 Å². The first kappa shape index (κ1) is 18.9. The topological polar surface area (TPSA) is 59.1 Å². The van der Waals surface area contributed by atoms with E-state index in [2.05, 4.69) is 16.4 Å². The Hall–Kier alpha value is -2.86. The number of halogens is 1. The molecule has 27 heavy (non-hydrogen) atoms. The molecule has 0 saturated carbocycles. The predicted molar refractivity (Wildman–Crippen MR) is 106 cm³/mol. The van der Waals surface area contributed by atoms with Crippen LogP contribution in [-0.2, 0) is 4.79 Å². The van der Waals surface area contributed by atoms with E-state index in [0.717, 1.165) is 16.8 Å². The van der Waals surface area contributed by atoms with Gasteiger partial charge in [-0.05, 0) is 43.7 Å². The summed E-state index contributed by atoms with van der Waals surface area (Å²) in [6.07, 6.45) is 0.113. The van der Waals surface area contributed by atoms with Gasteiger partial charge < -0.3 is 5.32 Å². The van der Waals surface area contributed by atoms with Gasteiger partial charge in [0.05, 0.1) is 5.69 Å². The fraction of sp³-hybridized carbons (Fsp3) is 0.190. The van der Waals surface area contributed by atoms with Gasteiger partial charge in [-0.25, -0.2) is 9.37 Å². The van der Waals surface area contributed by atoms with Gasteiger partial charge in [0.15, 0.2) is 10.9 Å². The summed E-state index contributed by atoms with van der Waals surface area (Å²) in [4.78, 5) is 28.6. The van der Waals surface area contributed by atoms with Crippen LogP contribution in [0, 0.1) is 19.7 Å². The van der Waals surface area contributed by atoms with Gasteiger partial charge in [-0.1, -0.05) is 23.8 Å². The largest absolute Gasteiger partial charge is 0.302 e. The molecule has 0 aliphatic heterocycles. The minimum Gasteiger partial charge on any atom is -0.302 e. The van der Waals surface area contributed by atoms with Crippen molar-refractivity contribution in [2.75, 3.05) is 5.32 Å². The fourth-order valence-corrected chi connectivity index (χ4v) is 3.47. The van der Waals surface area contributed by atoms with Crippen molar-refractivity contribution >= 4 is 28.2 Å². The van der Waals surface area contributed by atoms with E-state index in [4.69, 9.17) is 0 Å². The number of carbonyl (C=O) groups excluding carboxylic acids is 2. The van der Waals surface area contributed by atoms with E-state index >= 15 is 0 Å². The van der Waals surface area contributed by atoms with Crippen LogP contribution in [0.5, 0.6) is 0 Å². The zero-order valence-electron chi connectivity index (χ0n) is 15.1. The Bertz CT molecular complexity index is 980. The van der Waals surface area contributed by atoms with Gasteiger partial charge in [0, 0.05) is 29.3 Å². The number of anilines is 1. The second-order valence-electron chi connectivity index (χ2n) is 6.33. The Balaban J connectivity index is 1.58. The molecule has 1 N–H and O–H groups in total. The Morgan fingerprint density at radius 3 is 2.52 bits per heavy atom. The number of rotatable bonds is 6. The first-order valence-corrected chi connectivity index (χ1v) is 9.42. The number of aromatic nitrogens is 1. The molecule has 2 aromatic carbocycles. The van der Waals surface area contributed by atoms with Crippen molar-refractivity contribution in [2.45, 2.75) is 26.7 Å². The highest BCUT2D eigenvalue weighted by molar-refractivity contribution is 7.14. The summed E-state index contributed by atoms with van der Waals surface area (Å²) in [7, 11) is 0. The number of amides is 1. The van der Waals surface area contributed by atoms with Crippen LogP contribution in [0.15, 0.2) is 47.8 Å². The second kappa shape index (κ2) is 8.22. The average Bonchev–Trinajstić information content (AvgIpc) is 3.08. The normalized spacial score (nSPS) is 10.6.